The summed E-state index contributed by atoms with van der Waals surface area (Å²) in [6.45, 7) is 4.27. The summed E-state index contributed by atoms with van der Waals surface area (Å²) in [6, 6.07) is 15.0. The maximum atomic E-state index is 13.0. The Labute approximate surface area is 159 Å². The zero-order valence-corrected chi connectivity index (χ0v) is 16.1. The third-order valence-corrected chi connectivity index (χ3v) is 6.85. The summed E-state index contributed by atoms with van der Waals surface area (Å²) in [6.07, 6.45) is 2.33. The Balaban J connectivity index is 1.58. The number of benzene rings is 2. The van der Waals surface area contributed by atoms with Crippen molar-refractivity contribution in [3.63, 3.8) is 0 Å². The molecule has 6 nitrogen and oxygen atoms in total. The van der Waals surface area contributed by atoms with Crippen LogP contribution in [0.5, 0.6) is 0 Å². The normalized spacial score (nSPS) is 16.4. The van der Waals surface area contributed by atoms with E-state index in [-0.39, 0.29) is 0 Å². The van der Waals surface area contributed by atoms with Crippen LogP contribution < -0.4 is 4.90 Å². The topological polar surface area (TPSA) is 66.4 Å². The standard InChI is InChI=1S/C20H22N4O2S/c1-16-7-9-17(10-8-16)27(25,26)24-12-4-11-23(13-14-24)20-18-5-2-3-6-19(18)21-15-22-20/h2-3,5-10,15H,4,11-14H2,1H3. The SMILES string of the molecule is Cc1ccc(S(=O)(=O)N2CCCN(c3ncnc4ccccc34)CC2)cc1. The summed E-state index contributed by atoms with van der Waals surface area (Å²) >= 11 is 0. The average molecular weight is 382 g/mol. The van der Waals surface area contributed by atoms with Gasteiger partial charge in [0.1, 0.15) is 12.1 Å². The molecule has 7 heteroatoms. The van der Waals surface area contributed by atoms with Crippen molar-refractivity contribution in [2.75, 3.05) is 31.1 Å². The van der Waals surface area contributed by atoms with Crippen molar-refractivity contribution in [3.8, 4) is 0 Å². The van der Waals surface area contributed by atoms with Gasteiger partial charge in [-0.2, -0.15) is 4.31 Å². The molecule has 1 saturated heterocycles. The molecule has 0 N–H and O–H groups in total. The van der Waals surface area contributed by atoms with E-state index in [0.29, 0.717) is 24.5 Å². The Morgan fingerprint density at radius 2 is 1.67 bits per heavy atom. The molecule has 0 aliphatic carbocycles. The zero-order valence-electron chi connectivity index (χ0n) is 15.2. The van der Waals surface area contributed by atoms with Crippen molar-refractivity contribution >= 4 is 26.7 Å². The number of hydrogen-bond acceptors (Lipinski definition) is 5. The fraction of sp³-hybridized carbons (Fsp3) is 0.300. The van der Waals surface area contributed by atoms with Crippen LogP contribution in [-0.4, -0.2) is 48.9 Å². The minimum Gasteiger partial charge on any atom is -0.355 e. The largest absolute Gasteiger partial charge is 0.355 e. The number of rotatable bonds is 3. The predicted molar refractivity (Wildman–Crippen MR) is 106 cm³/mol. The van der Waals surface area contributed by atoms with Gasteiger partial charge in [-0.1, -0.05) is 29.8 Å². The first-order valence-corrected chi connectivity index (χ1v) is 10.5. The number of fused-ring (bicyclic) bond motifs is 1. The molecular formula is C20H22N4O2S. The molecule has 2 heterocycles. The van der Waals surface area contributed by atoms with Gasteiger partial charge in [0.15, 0.2) is 0 Å². The summed E-state index contributed by atoms with van der Waals surface area (Å²) in [5.41, 5.74) is 1.95. The van der Waals surface area contributed by atoms with Crippen LogP contribution in [0.15, 0.2) is 59.8 Å². The molecule has 0 spiro atoms. The van der Waals surface area contributed by atoms with E-state index >= 15 is 0 Å². The number of aromatic nitrogens is 2. The molecule has 1 aliphatic heterocycles. The maximum Gasteiger partial charge on any atom is 0.243 e. The molecule has 0 amide bonds. The molecular weight excluding hydrogens is 360 g/mol. The third-order valence-electron chi connectivity index (χ3n) is 4.93. The first-order valence-electron chi connectivity index (χ1n) is 9.07. The fourth-order valence-corrected chi connectivity index (χ4v) is 4.92. The molecule has 1 fully saturated rings. The molecule has 1 aromatic heterocycles. The molecule has 0 radical (unpaired) electrons. The van der Waals surface area contributed by atoms with Crippen LogP contribution in [0.2, 0.25) is 0 Å². The van der Waals surface area contributed by atoms with Crippen molar-refractivity contribution in [1.82, 2.24) is 14.3 Å². The van der Waals surface area contributed by atoms with Crippen molar-refractivity contribution in [2.24, 2.45) is 0 Å². The highest BCUT2D eigenvalue weighted by molar-refractivity contribution is 7.89. The first-order chi connectivity index (χ1) is 13.1. The lowest BCUT2D eigenvalue weighted by molar-refractivity contribution is 0.433. The zero-order chi connectivity index (χ0) is 18.9. The van der Waals surface area contributed by atoms with Crippen molar-refractivity contribution in [1.29, 1.82) is 0 Å². The van der Waals surface area contributed by atoms with E-state index in [1.54, 1.807) is 22.8 Å². The lowest BCUT2D eigenvalue weighted by atomic mass is 10.2. The second kappa shape index (κ2) is 7.25. The van der Waals surface area contributed by atoms with Crippen LogP contribution in [-0.2, 0) is 10.0 Å². The maximum absolute atomic E-state index is 13.0. The number of aryl methyl sites for hydroxylation is 1. The van der Waals surface area contributed by atoms with Crippen LogP contribution in [0.4, 0.5) is 5.82 Å². The van der Waals surface area contributed by atoms with Crippen molar-refractivity contribution < 1.29 is 8.42 Å². The van der Waals surface area contributed by atoms with Crippen LogP contribution in [0.3, 0.4) is 0 Å². The van der Waals surface area contributed by atoms with Gasteiger partial charge >= 0.3 is 0 Å². The van der Waals surface area contributed by atoms with Crippen LogP contribution >= 0.6 is 0 Å². The monoisotopic (exact) mass is 382 g/mol. The molecule has 1 aliphatic rings. The Kier molecular flexibility index (Phi) is 4.80. The number of nitrogens with zero attached hydrogens (tertiary/aromatic N) is 4. The van der Waals surface area contributed by atoms with Gasteiger partial charge < -0.3 is 4.90 Å². The highest BCUT2D eigenvalue weighted by Crippen LogP contribution is 2.25. The summed E-state index contributed by atoms with van der Waals surface area (Å²) in [4.78, 5) is 11.3. The van der Waals surface area contributed by atoms with Gasteiger partial charge in [-0.15, -0.1) is 0 Å². The lowest BCUT2D eigenvalue weighted by Crippen LogP contribution is -2.35. The fourth-order valence-electron chi connectivity index (χ4n) is 3.45. The average Bonchev–Trinajstić information content (AvgIpc) is 2.94. The molecule has 0 saturated carbocycles. The Morgan fingerprint density at radius 3 is 2.48 bits per heavy atom. The number of para-hydroxylation sites is 1. The third kappa shape index (κ3) is 3.52. The molecule has 2 aromatic carbocycles. The van der Waals surface area contributed by atoms with E-state index in [0.717, 1.165) is 35.2 Å². The van der Waals surface area contributed by atoms with Gasteiger partial charge in [0.25, 0.3) is 0 Å². The molecule has 140 valence electrons. The van der Waals surface area contributed by atoms with E-state index in [1.807, 2.05) is 43.3 Å². The van der Waals surface area contributed by atoms with Gasteiger partial charge in [-0.25, -0.2) is 18.4 Å². The van der Waals surface area contributed by atoms with Gasteiger partial charge in [-0.3, -0.25) is 0 Å². The van der Waals surface area contributed by atoms with E-state index in [4.69, 9.17) is 0 Å². The quantitative estimate of drug-likeness (QED) is 0.697. The lowest BCUT2D eigenvalue weighted by Gasteiger charge is -2.23. The highest BCUT2D eigenvalue weighted by atomic mass is 32.2. The second-order valence-electron chi connectivity index (χ2n) is 6.77. The van der Waals surface area contributed by atoms with Crippen LogP contribution in [0, 0.1) is 6.92 Å². The van der Waals surface area contributed by atoms with Crippen LogP contribution in [0.25, 0.3) is 10.9 Å². The summed E-state index contributed by atoms with van der Waals surface area (Å²) in [5, 5.41) is 0.995. The van der Waals surface area contributed by atoms with E-state index in [1.165, 1.54) is 0 Å². The smallest absolute Gasteiger partial charge is 0.243 e. The molecule has 0 atom stereocenters. The summed E-state index contributed by atoms with van der Waals surface area (Å²) in [7, 11) is -3.48. The Hall–Kier alpha value is -2.51. The Morgan fingerprint density at radius 1 is 0.889 bits per heavy atom. The summed E-state index contributed by atoms with van der Waals surface area (Å²) in [5.74, 6) is 0.871. The van der Waals surface area contributed by atoms with E-state index < -0.39 is 10.0 Å². The van der Waals surface area contributed by atoms with Crippen molar-refractivity contribution in [3.05, 3.63) is 60.4 Å². The molecule has 0 bridgehead atoms. The minimum absolute atomic E-state index is 0.356. The Bertz CT molecular complexity index is 1050. The predicted octanol–water partition coefficient (Wildman–Crippen LogP) is 2.84. The summed E-state index contributed by atoms with van der Waals surface area (Å²) < 4.78 is 27.6. The van der Waals surface area contributed by atoms with Crippen LogP contribution in [0.1, 0.15) is 12.0 Å². The van der Waals surface area contributed by atoms with E-state index in [9.17, 15) is 8.42 Å². The van der Waals surface area contributed by atoms with Gasteiger partial charge in [-0.05, 0) is 37.6 Å². The molecule has 4 rings (SSSR count). The number of hydrogen-bond donors (Lipinski definition) is 0. The first kappa shape index (κ1) is 17.9. The number of anilines is 1. The molecule has 0 unspecified atom stereocenters. The van der Waals surface area contributed by atoms with Gasteiger partial charge in [0.05, 0.1) is 10.4 Å². The molecule has 3 aromatic rings. The molecule has 27 heavy (non-hydrogen) atoms. The minimum atomic E-state index is -3.48. The van der Waals surface area contributed by atoms with Gasteiger partial charge in [0, 0.05) is 31.6 Å². The number of sulfonamides is 1. The van der Waals surface area contributed by atoms with Gasteiger partial charge in [0.2, 0.25) is 10.0 Å². The highest BCUT2D eigenvalue weighted by Gasteiger charge is 2.27. The van der Waals surface area contributed by atoms with Crippen molar-refractivity contribution in [2.45, 2.75) is 18.2 Å². The second-order valence-corrected chi connectivity index (χ2v) is 8.71. The van der Waals surface area contributed by atoms with E-state index in [2.05, 4.69) is 14.9 Å².